The molecule has 142 valence electrons. The molecule has 1 N–H and O–H groups in total. The largest absolute Gasteiger partial charge is 0.451 e. The first-order chi connectivity index (χ1) is 14.0. The number of benzene rings is 2. The Kier molecular flexibility index (Phi) is 4.70. The van der Waals surface area contributed by atoms with E-state index in [4.69, 9.17) is 4.74 Å². The van der Waals surface area contributed by atoms with Gasteiger partial charge in [-0.25, -0.2) is 9.78 Å². The fourth-order valence-electron chi connectivity index (χ4n) is 3.06. The van der Waals surface area contributed by atoms with Crippen LogP contribution in [0.5, 0.6) is 0 Å². The van der Waals surface area contributed by atoms with E-state index in [-0.39, 0.29) is 28.4 Å². The molecule has 0 spiro atoms. The van der Waals surface area contributed by atoms with E-state index in [0.717, 1.165) is 0 Å². The van der Waals surface area contributed by atoms with Gasteiger partial charge < -0.3 is 10.1 Å². The zero-order valence-electron chi connectivity index (χ0n) is 15.0. The van der Waals surface area contributed by atoms with Crippen molar-refractivity contribution in [3.63, 3.8) is 0 Å². The minimum absolute atomic E-state index is 0.0943. The molecular weight excluding hydrogens is 372 g/mol. The molecule has 0 radical (unpaired) electrons. The Bertz CT molecular complexity index is 1150. The Morgan fingerprint density at radius 2 is 1.48 bits per heavy atom. The molecule has 7 heteroatoms. The normalized spacial score (nSPS) is 12.0. The van der Waals surface area contributed by atoms with Crippen LogP contribution in [0.3, 0.4) is 0 Å². The number of fused-ring (bicyclic) bond motifs is 2. The van der Waals surface area contributed by atoms with Gasteiger partial charge in [0, 0.05) is 34.1 Å². The molecule has 0 unspecified atom stereocenters. The zero-order valence-corrected chi connectivity index (χ0v) is 15.0. The van der Waals surface area contributed by atoms with Crippen molar-refractivity contribution in [3.8, 4) is 0 Å². The van der Waals surface area contributed by atoms with Gasteiger partial charge in [0.2, 0.25) is 0 Å². The third-order valence-corrected chi connectivity index (χ3v) is 4.42. The van der Waals surface area contributed by atoms with E-state index < -0.39 is 18.5 Å². The molecule has 0 fully saturated rings. The zero-order chi connectivity index (χ0) is 20.4. The van der Waals surface area contributed by atoms with Crippen molar-refractivity contribution in [1.82, 2.24) is 4.98 Å². The number of hydrogen-bond donors (Lipinski definition) is 1. The Morgan fingerprint density at radius 3 is 2.17 bits per heavy atom. The van der Waals surface area contributed by atoms with Crippen LogP contribution < -0.4 is 5.32 Å². The molecule has 0 aliphatic heterocycles. The van der Waals surface area contributed by atoms with Crippen molar-refractivity contribution in [2.24, 2.45) is 0 Å². The number of amides is 1. The molecule has 3 aromatic rings. The molecule has 0 bridgehead atoms. The predicted octanol–water partition coefficient (Wildman–Crippen LogP) is 2.65. The number of aromatic nitrogens is 1. The van der Waals surface area contributed by atoms with E-state index in [1.54, 1.807) is 36.4 Å². The second kappa shape index (κ2) is 7.47. The SMILES string of the molecule is O=C(COC(=O)c1ccccn1)Nc1ccc2c(c1)C(=O)c1ccccc1C2=O. The summed E-state index contributed by atoms with van der Waals surface area (Å²) in [7, 11) is 0. The van der Waals surface area contributed by atoms with Crippen molar-refractivity contribution in [3.05, 3.63) is 94.8 Å². The van der Waals surface area contributed by atoms with Crippen LogP contribution in [0.25, 0.3) is 0 Å². The Morgan fingerprint density at radius 1 is 0.828 bits per heavy atom. The maximum atomic E-state index is 12.7. The number of ketones is 2. The highest BCUT2D eigenvalue weighted by molar-refractivity contribution is 6.28. The number of hydrogen-bond acceptors (Lipinski definition) is 6. The van der Waals surface area contributed by atoms with Gasteiger partial charge in [0.25, 0.3) is 5.91 Å². The lowest BCUT2D eigenvalue weighted by molar-refractivity contribution is -0.119. The highest BCUT2D eigenvalue weighted by atomic mass is 16.5. The topological polar surface area (TPSA) is 102 Å². The average Bonchev–Trinajstić information content (AvgIpc) is 2.76. The van der Waals surface area contributed by atoms with Gasteiger partial charge in [0.1, 0.15) is 5.69 Å². The van der Waals surface area contributed by atoms with E-state index in [1.165, 1.54) is 30.5 Å². The smallest absolute Gasteiger partial charge is 0.357 e. The highest BCUT2D eigenvalue weighted by Gasteiger charge is 2.29. The first kappa shape index (κ1) is 18.2. The van der Waals surface area contributed by atoms with Crippen molar-refractivity contribution in [1.29, 1.82) is 0 Å². The summed E-state index contributed by atoms with van der Waals surface area (Å²) in [5.41, 5.74) is 1.62. The third kappa shape index (κ3) is 3.53. The number of anilines is 1. The quantitative estimate of drug-likeness (QED) is 0.541. The highest BCUT2D eigenvalue weighted by Crippen LogP contribution is 2.29. The van der Waals surface area contributed by atoms with Gasteiger partial charge in [-0.15, -0.1) is 0 Å². The number of ether oxygens (including phenoxy) is 1. The van der Waals surface area contributed by atoms with Crippen LogP contribution in [-0.4, -0.2) is 35.0 Å². The monoisotopic (exact) mass is 386 g/mol. The van der Waals surface area contributed by atoms with Crippen molar-refractivity contribution >= 4 is 29.1 Å². The lowest BCUT2D eigenvalue weighted by atomic mass is 9.84. The molecule has 1 amide bonds. The molecule has 4 rings (SSSR count). The van der Waals surface area contributed by atoms with Crippen LogP contribution in [0, 0.1) is 0 Å². The van der Waals surface area contributed by atoms with E-state index in [1.807, 2.05) is 0 Å². The summed E-state index contributed by atoms with van der Waals surface area (Å²) in [5, 5.41) is 2.56. The summed E-state index contributed by atoms with van der Waals surface area (Å²) in [5.74, 6) is -1.82. The van der Waals surface area contributed by atoms with E-state index in [9.17, 15) is 19.2 Å². The first-order valence-corrected chi connectivity index (χ1v) is 8.75. The number of carbonyl (C=O) groups is 4. The summed E-state index contributed by atoms with van der Waals surface area (Å²) in [6, 6.07) is 15.8. The summed E-state index contributed by atoms with van der Waals surface area (Å²) in [4.78, 5) is 53.1. The average molecular weight is 386 g/mol. The number of nitrogens with one attached hydrogen (secondary N) is 1. The van der Waals surface area contributed by atoms with Gasteiger partial charge in [-0.3, -0.25) is 14.4 Å². The minimum Gasteiger partial charge on any atom is -0.451 e. The second-order valence-corrected chi connectivity index (χ2v) is 6.30. The molecule has 29 heavy (non-hydrogen) atoms. The predicted molar refractivity (Wildman–Crippen MR) is 103 cm³/mol. The van der Waals surface area contributed by atoms with Gasteiger partial charge in [-0.2, -0.15) is 0 Å². The first-order valence-electron chi connectivity index (χ1n) is 8.75. The molecule has 1 aliphatic carbocycles. The van der Waals surface area contributed by atoms with E-state index in [2.05, 4.69) is 10.3 Å². The van der Waals surface area contributed by atoms with Crippen molar-refractivity contribution < 1.29 is 23.9 Å². The van der Waals surface area contributed by atoms with Crippen LogP contribution in [0.1, 0.15) is 42.3 Å². The summed E-state index contributed by atoms with van der Waals surface area (Å²) >= 11 is 0. The Labute approximate surface area is 165 Å². The van der Waals surface area contributed by atoms with Gasteiger partial charge >= 0.3 is 5.97 Å². The number of pyridine rings is 1. The molecule has 1 heterocycles. The third-order valence-electron chi connectivity index (χ3n) is 4.42. The van der Waals surface area contributed by atoms with Crippen molar-refractivity contribution in [2.75, 3.05) is 11.9 Å². The summed E-state index contributed by atoms with van der Waals surface area (Å²) in [6.45, 7) is -0.512. The lowest BCUT2D eigenvalue weighted by Crippen LogP contribution is -2.23. The van der Waals surface area contributed by atoms with Crippen molar-refractivity contribution in [2.45, 2.75) is 0 Å². The van der Waals surface area contributed by atoms with E-state index in [0.29, 0.717) is 16.8 Å². The van der Waals surface area contributed by atoms with Gasteiger partial charge in [0.15, 0.2) is 18.2 Å². The molecule has 2 aromatic carbocycles. The lowest BCUT2D eigenvalue weighted by Gasteiger charge is -2.18. The maximum absolute atomic E-state index is 12.7. The number of nitrogens with zero attached hydrogens (tertiary/aromatic N) is 1. The van der Waals surface area contributed by atoms with Gasteiger partial charge in [-0.1, -0.05) is 30.3 Å². The number of esters is 1. The Hall–Kier alpha value is -4.13. The van der Waals surface area contributed by atoms with Crippen LogP contribution in [0.2, 0.25) is 0 Å². The molecule has 1 aromatic heterocycles. The molecule has 0 atom stereocenters. The summed E-state index contributed by atoms with van der Waals surface area (Å²) < 4.78 is 4.92. The van der Waals surface area contributed by atoms with Crippen LogP contribution in [0.15, 0.2) is 66.9 Å². The number of carbonyl (C=O) groups excluding carboxylic acids is 4. The summed E-state index contributed by atoms with van der Waals surface area (Å²) in [6.07, 6.45) is 1.44. The van der Waals surface area contributed by atoms with Gasteiger partial charge in [0.05, 0.1) is 0 Å². The molecular formula is C22H14N2O5. The standard InChI is InChI=1S/C22H14N2O5/c25-19(12-29-22(28)18-7-3-4-10-23-18)24-13-8-9-16-17(11-13)21(27)15-6-2-1-5-14(15)20(16)26/h1-11H,12H2,(H,24,25). The molecule has 0 saturated carbocycles. The van der Waals surface area contributed by atoms with Crippen LogP contribution in [0.4, 0.5) is 5.69 Å². The Balaban J connectivity index is 1.47. The molecule has 1 aliphatic rings. The number of rotatable bonds is 4. The van der Waals surface area contributed by atoms with Crippen LogP contribution >= 0.6 is 0 Å². The minimum atomic E-state index is -0.719. The molecule has 7 nitrogen and oxygen atoms in total. The van der Waals surface area contributed by atoms with Gasteiger partial charge in [-0.05, 0) is 30.3 Å². The van der Waals surface area contributed by atoms with Crippen LogP contribution in [-0.2, 0) is 9.53 Å². The fraction of sp³-hybridized carbons (Fsp3) is 0.0455. The maximum Gasteiger partial charge on any atom is 0.357 e. The fourth-order valence-corrected chi connectivity index (χ4v) is 3.06. The molecule has 0 saturated heterocycles. The second-order valence-electron chi connectivity index (χ2n) is 6.30. The van der Waals surface area contributed by atoms with E-state index >= 15 is 0 Å².